The molecule has 11 heavy (non-hydrogen) atoms. The molecule has 0 aromatic carbocycles. The lowest BCUT2D eigenvalue weighted by Gasteiger charge is -2.16. The molecule has 1 N–H and O–H groups in total. The van der Waals surface area contributed by atoms with Crippen LogP contribution in [-0.4, -0.2) is 12.1 Å². The van der Waals surface area contributed by atoms with Gasteiger partial charge in [-0.1, -0.05) is 13.0 Å². The summed E-state index contributed by atoms with van der Waals surface area (Å²) in [4.78, 5) is 0. The molecule has 0 saturated carbocycles. The Hall–Kier alpha value is -0.810. The predicted octanol–water partition coefficient (Wildman–Crippen LogP) is 1.84. The number of hydrogen-bond donors (Lipinski definition) is 1. The minimum absolute atomic E-state index is 0.299. The van der Waals surface area contributed by atoms with E-state index in [1.165, 1.54) is 0 Å². The van der Waals surface area contributed by atoms with Crippen molar-refractivity contribution in [2.75, 3.05) is 0 Å². The maximum absolute atomic E-state index is 8.44. The topological polar surface area (TPSA) is 35.8 Å². The van der Waals surface area contributed by atoms with Crippen molar-refractivity contribution in [3.8, 4) is 6.07 Å². The van der Waals surface area contributed by atoms with Gasteiger partial charge in [-0.05, 0) is 13.3 Å². The zero-order valence-electron chi connectivity index (χ0n) is 7.30. The Morgan fingerprint density at radius 3 is 2.73 bits per heavy atom. The largest absolute Gasteiger partial charge is 0.307 e. The fraction of sp³-hybridized carbons (Fsp3) is 0.667. The fourth-order valence-electron chi connectivity index (χ4n) is 0.871. The first-order valence-electron chi connectivity index (χ1n) is 4.00. The highest BCUT2D eigenvalue weighted by atomic mass is 14.9. The number of nitrogens with one attached hydrogen (secondary N) is 1. The van der Waals surface area contributed by atoms with Gasteiger partial charge in [0, 0.05) is 12.1 Å². The molecule has 0 heterocycles. The molecule has 2 nitrogen and oxygen atoms in total. The van der Waals surface area contributed by atoms with Gasteiger partial charge in [0.2, 0.25) is 0 Å². The first-order chi connectivity index (χ1) is 5.24. The fourth-order valence-corrected chi connectivity index (χ4v) is 0.871. The van der Waals surface area contributed by atoms with Crippen molar-refractivity contribution >= 4 is 0 Å². The van der Waals surface area contributed by atoms with Crippen LogP contribution in [0.25, 0.3) is 0 Å². The van der Waals surface area contributed by atoms with Crippen molar-refractivity contribution in [3.05, 3.63) is 12.7 Å². The second-order valence-corrected chi connectivity index (χ2v) is 2.66. The third-order valence-electron chi connectivity index (χ3n) is 1.68. The van der Waals surface area contributed by atoms with E-state index in [0.717, 1.165) is 6.42 Å². The van der Waals surface area contributed by atoms with Gasteiger partial charge in [-0.15, -0.1) is 6.58 Å². The van der Waals surface area contributed by atoms with Gasteiger partial charge < -0.3 is 5.32 Å². The van der Waals surface area contributed by atoms with Crippen molar-refractivity contribution in [3.63, 3.8) is 0 Å². The van der Waals surface area contributed by atoms with Gasteiger partial charge in [-0.2, -0.15) is 5.26 Å². The van der Waals surface area contributed by atoms with Gasteiger partial charge in [-0.25, -0.2) is 0 Å². The normalized spacial score (nSPS) is 15.0. The highest BCUT2D eigenvalue weighted by Gasteiger charge is 2.06. The zero-order chi connectivity index (χ0) is 8.69. The maximum Gasteiger partial charge on any atom is 0.0638 e. The molecule has 0 aliphatic heterocycles. The molecule has 0 radical (unpaired) electrons. The van der Waals surface area contributed by atoms with Crippen LogP contribution in [-0.2, 0) is 0 Å². The summed E-state index contributed by atoms with van der Waals surface area (Å²) >= 11 is 0. The summed E-state index contributed by atoms with van der Waals surface area (Å²) in [5, 5.41) is 11.7. The molecule has 0 aromatic heterocycles. The first kappa shape index (κ1) is 10.2. The van der Waals surface area contributed by atoms with Crippen molar-refractivity contribution in [1.82, 2.24) is 5.32 Å². The van der Waals surface area contributed by atoms with Gasteiger partial charge in [0.25, 0.3) is 0 Å². The van der Waals surface area contributed by atoms with E-state index >= 15 is 0 Å². The van der Waals surface area contributed by atoms with Crippen molar-refractivity contribution < 1.29 is 0 Å². The third kappa shape index (κ3) is 4.58. The van der Waals surface area contributed by atoms with Gasteiger partial charge >= 0.3 is 0 Å². The van der Waals surface area contributed by atoms with E-state index in [-0.39, 0.29) is 0 Å². The van der Waals surface area contributed by atoms with Crippen LogP contribution in [0, 0.1) is 11.3 Å². The van der Waals surface area contributed by atoms with E-state index in [2.05, 4.69) is 24.9 Å². The van der Waals surface area contributed by atoms with Crippen LogP contribution in [0.3, 0.4) is 0 Å². The van der Waals surface area contributed by atoms with Crippen LogP contribution >= 0.6 is 0 Å². The molecule has 2 heteroatoms. The number of hydrogen-bond acceptors (Lipinski definition) is 2. The molecule has 2 unspecified atom stereocenters. The Labute approximate surface area is 68.9 Å². The number of rotatable bonds is 5. The van der Waals surface area contributed by atoms with Crippen LogP contribution in [0.5, 0.6) is 0 Å². The van der Waals surface area contributed by atoms with Gasteiger partial charge in [0.1, 0.15) is 0 Å². The summed E-state index contributed by atoms with van der Waals surface area (Å²) in [5.74, 6) is 0. The van der Waals surface area contributed by atoms with Gasteiger partial charge in [0.15, 0.2) is 0 Å². The predicted molar refractivity (Wildman–Crippen MR) is 47.1 cm³/mol. The van der Waals surface area contributed by atoms with E-state index in [4.69, 9.17) is 5.26 Å². The standard InChI is InChI=1S/C9H16N2/c1-4-8(3)11-9(5-2)6-7-10/h4,8-9,11H,1,5-6H2,2-3H3. The zero-order valence-corrected chi connectivity index (χ0v) is 7.30. The van der Waals surface area contributed by atoms with Gasteiger partial charge in [0.05, 0.1) is 12.5 Å². The highest BCUT2D eigenvalue weighted by Crippen LogP contribution is 1.98. The molecule has 2 atom stereocenters. The molecule has 0 saturated heterocycles. The number of nitriles is 1. The molecule has 0 bridgehead atoms. The van der Waals surface area contributed by atoms with Crippen molar-refractivity contribution in [2.45, 2.75) is 38.8 Å². The van der Waals surface area contributed by atoms with E-state index in [1.807, 2.05) is 13.0 Å². The molecular weight excluding hydrogens is 136 g/mol. The van der Waals surface area contributed by atoms with Gasteiger partial charge in [-0.3, -0.25) is 0 Å². The van der Waals surface area contributed by atoms with E-state index in [0.29, 0.717) is 18.5 Å². The Morgan fingerprint density at radius 2 is 2.36 bits per heavy atom. The molecule has 62 valence electrons. The number of nitrogens with zero attached hydrogens (tertiary/aromatic N) is 1. The summed E-state index contributed by atoms with van der Waals surface area (Å²) < 4.78 is 0. The summed E-state index contributed by atoms with van der Waals surface area (Å²) in [6.07, 6.45) is 3.42. The van der Waals surface area contributed by atoms with Crippen LogP contribution in [0.15, 0.2) is 12.7 Å². The minimum atomic E-state index is 0.299. The van der Waals surface area contributed by atoms with E-state index < -0.39 is 0 Å². The quantitative estimate of drug-likeness (QED) is 0.610. The monoisotopic (exact) mass is 152 g/mol. The molecular formula is C9H16N2. The van der Waals surface area contributed by atoms with E-state index in [1.54, 1.807) is 0 Å². The average Bonchev–Trinajstić information content (AvgIpc) is 2.03. The Bertz CT molecular complexity index is 146. The second kappa shape index (κ2) is 5.94. The second-order valence-electron chi connectivity index (χ2n) is 2.66. The SMILES string of the molecule is C=CC(C)NC(CC)CC#N. The smallest absolute Gasteiger partial charge is 0.0638 e. The van der Waals surface area contributed by atoms with Crippen molar-refractivity contribution in [2.24, 2.45) is 0 Å². The van der Waals surface area contributed by atoms with Crippen LogP contribution < -0.4 is 5.32 Å². The van der Waals surface area contributed by atoms with Crippen LogP contribution in [0.1, 0.15) is 26.7 Å². The highest BCUT2D eigenvalue weighted by molar-refractivity contribution is 4.87. The Morgan fingerprint density at radius 1 is 1.73 bits per heavy atom. The van der Waals surface area contributed by atoms with E-state index in [9.17, 15) is 0 Å². The summed E-state index contributed by atoms with van der Waals surface area (Å²) in [7, 11) is 0. The lowest BCUT2D eigenvalue weighted by Crippen LogP contribution is -2.34. The summed E-state index contributed by atoms with van der Waals surface area (Å²) in [6, 6.07) is 2.76. The molecule has 0 spiro atoms. The summed E-state index contributed by atoms with van der Waals surface area (Å²) in [5.41, 5.74) is 0. The molecule has 0 amide bonds. The first-order valence-corrected chi connectivity index (χ1v) is 4.00. The third-order valence-corrected chi connectivity index (χ3v) is 1.68. The van der Waals surface area contributed by atoms with Crippen molar-refractivity contribution in [1.29, 1.82) is 5.26 Å². The average molecular weight is 152 g/mol. The lowest BCUT2D eigenvalue weighted by molar-refractivity contribution is 0.479. The molecule has 0 aliphatic carbocycles. The molecule has 0 aromatic rings. The Kier molecular flexibility index (Phi) is 5.50. The lowest BCUT2D eigenvalue weighted by atomic mass is 10.1. The molecule has 0 rings (SSSR count). The maximum atomic E-state index is 8.44. The minimum Gasteiger partial charge on any atom is -0.307 e. The van der Waals surface area contributed by atoms with Crippen LogP contribution in [0.4, 0.5) is 0 Å². The Balaban J connectivity index is 3.69. The summed E-state index contributed by atoms with van der Waals surface area (Å²) in [6.45, 7) is 7.77. The molecule has 0 fully saturated rings. The van der Waals surface area contributed by atoms with Crippen LogP contribution in [0.2, 0.25) is 0 Å². The molecule has 0 aliphatic rings.